The van der Waals surface area contributed by atoms with E-state index in [2.05, 4.69) is 19.2 Å². The molecule has 0 radical (unpaired) electrons. The number of benzene rings is 1. The van der Waals surface area contributed by atoms with Gasteiger partial charge >= 0.3 is 0 Å². The van der Waals surface area contributed by atoms with Gasteiger partial charge in [0.2, 0.25) is 5.91 Å². The van der Waals surface area contributed by atoms with Crippen LogP contribution in [0.15, 0.2) is 18.2 Å². The van der Waals surface area contributed by atoms with Crippen LogP contribution in [0.3, 0.4) is 0 Å². The molecule has 1 atom stereocenters. The highest BCUT2D eigenvalue weighted by Crippen LogP contribution is 2.22. The van der Waals surface area contributed by atoms with Crippen molar-refractivity contribution in [2.75, 3.05) is 24.3 Å². The van der Waals surface area contributed by atoms with Crippen molar-refractivity contribution in [1.29, 1.82) is 0 Å². The first-order valence-corrected chi connectivity index (χ1v) is 6.65. The van der Waals surface area contributed by atoms with Gasteiger partial charge in [-0.1, -0.05) is 19.9 Å². The first-order chi connectivity index (χ1) is 8.81. The Balaban J connectivity index is 2.77. The molecule has 1 amide bonds. The Labute approximate surface area is 116 Å². The van der Waals surface area contributed by atoms with Gasteiger partial charge in [-0.3, -0.25) is 4.79 Å². The van der Waals surface area contributed by atoms with E-state index in [9.17, 15) is 4.79 Å². The molecule has 0 aliphatic carbocycles. The maximum absolute atomic E-state index is 12.0. The van der Waals surface area contributed by atoms with E-state index in [0.717, 1.165) is 11.4 Å². The monoisotopic (exact) mass is 263 g/mol. The maximum atomic E-state index is 12.0. The normalized spacial score (nSPS) is 12.4. The summed E-state index contributed by atoms with van der Waals surface area (Å²) in [7, 11) is 3.97. The molecule has 3 N–H and O–H groups in total. The molecule has 0 saturated heterocycles. The van der Waals surface area contributed by atoms with E-state index in [-0.39, 0.29) is 5.91 Å². The Bertz CT molecular complexity index is 441. The van der Waals surface area contributed by atoms with Gasteiger partial charge in [-0.15, -0.1) is 0 Å². The topological polar surface area (TPSA) is 58.4 Å². The number of amides is 1. The molecule has 0 saturated carbocycles. The Morgan fingerprint density at radius 2 is 2.00 bits per heavy atom. The van der Waals surface area contributed by atoms with Gasteiger partial charge in [0.15, 0.2) is 0 Å². The zero-order valence-corrected chi connectivity index (χ0v) is 12.5. The molecule has 19 heavy (non-hydrogen) atoms. The van der Waals surface area contributed by atoms with Gasteiger partial charge in [0.05, 0.1) is 6.04 Å². The highest BCUT2D eigenvalue weighted by atomic mass is 16.2. The molecule has 0 fully saturated rings. The van der Waals surface area contributed by atoms with Crippen LogP contribution in [-0.2, 0) is 4.79 Å². The van der Waals surface area contributed by atoms with Crippen molar-refractivity contribution in [3.05, 3.63) is 23.8 Å². The minimum absolute atomic E-state index is 0.123. The van der Waals surface area contributed by atoms with Crippen molar-refractivity contribution >= 4 is 17.3 Å². The van der Waals surface area contributed by atoms with E-state index in [1.54, 1.807) is 0 Å². The van der Waals surface area contributed by atoms with Crippen LogP contribution in [0.4, 0.5) is 11.4 Å². The molecule has 1 unspecified atom stereocenters. The second-order valence-electron chi connectivity index (χ2n) is 5.62. The van der Waals surface area contributed by atoms with Crippen molar-refractivity contribution in [2.45, 2.75) is 33.2 Å². The fourth-order valence-electron chi connectivity index (χ4n) is 2.02. The van der Waals surface area contributed by atoms with Crippen LogP contribution < -0.4 is 16.0 Å². The molecule has 1 rings (SSSR count). The summed E-state index contributed by atoms with van der Waals surface area (Å²) in [4.78, 5) is 14.0. The van der Waals surface area contributed by atoms with Crippen LogP contribution in [0.25, 0.3) is 0 Å². The molecule has 0 bridgehead atoms. The van der Waals surface area contributed by atoms with E-state index in [4.69, 9.17) is 5.73 Å². The largest absolute Gasteiger partial charge is 0.377 e. The summed E-state index contributed by atoms with van der Waals surface area (Å²) in [5.41, 5.74) is 8.93. The molecular formula is C15H25N3O. The number of nitrogens with two attached hydrogens (primary N) is 1. The van der Waals surface area contributed by atoms with Crippen molar-refractivity contribution in [3.63, 3.8) is 0 Å². The number of hydrogen-bond acceptors (Lipinski definition) is 3. The van der Waals surface area contributed by atoms with E-state index < -0.39 is 6.04 Å². The summed E-state index contributed by atoms with van der Waals surface area (Å²) in [5, 5.41) is 2.88. The second-order valence-corrected chi connectivity index (χ2v) is 5.62. The van der Waals surface area contributed by atoms with E-state index in [0.29, 0.717) is 12.3 Å². The number of hydrogen-bond donors (Lipinski definition) is 2. The van der Waals surface area contributed by atoms with Gasteiger partial charge in [-0.05, 0) is 37.0 Å². The first-order valence-electron chi connectivity index (χ1n) is 6.65. The van der Waals surface area contributed by atoms with Crippen LogP contribution in [0.2, 0.25) is 0 Å². The average Bonchev–Trinajstić information content (AvgIpc) is 2.30. The van der Waals surface area contributed by atoms with Gasteiger partial charge in [0, 0.05) is 25.5 Å². The molecular weight excluding hydrogens is 238 g/mol. The molecule has 4 heteroatoms. The molecule has 4 nitrogen and oxygen atoms in total. The molecule has 1 aromatic rings. The zero-order chi connectivity index (χ0) is 14.6. The smallest absolute Gasteiger partial charge is 0.241 e. The maximum Gasteiger partial charge on any atom is 0.241 e. The lowest BCUT2D eigenvalue weighted by molar-refractivity contribution is -0.117. The average molecular weight is 263 g/mol. The molecule has 0 spiro atoms. The van der Waals surface area contributed by atoms with Crippen LogP contribution in [0.5, 0.6) is 0 Å². The van der Waals surface area contributed by atoms with Crippen LogP contribution in [0.1, 0.15) is 25.8 Å². The van der Waals surface area contributed by atoms with Crippen molar-refractivity contribution in [2.24, 2.45) is 11.7 Å². The molecule has 0 aliphatic rings. The van der Waals surface area contributed by atoms with Crippen molar-refractivity contribution in [3.8, 4) is 0 Å². The van der Waals surface area contributed by atoms with Crippen LogP contribution >= 0.6 is 0 Å². The summed E-state index contributed by atoms with van der Waals surface area (Å²) < 4.78 is 0. The molecule has 0 aromatic heterocycles. The number of rotatable bonds is 5. The van der Waals surface area contributed by atoms with Crippen molar-refractivity contribution in [1.82, 2.24) is 0 Å². The third-order valence-corrected chi connectivity index (χ3v) is 3.02. The highest BCUT2D eigenvalue weighted by molar-refractivity contribution is 5.95. The highest BCUT2D eigenvalue weighted by Gasteiger charge is 2.15. The predicted octanol–water partition coefficient (Wildman–Crippen LogP) is 2.37. The Morgan fingerprint density at radius 1 is 1.37 bits per heavy atom. The van der Waals surface area contributed by atoms with Gasteiger partial charge in [0.25, 0.3) is 0 Å². The second kappa shape index (κ2) is 6.57. The summed E-state index contributed by atoms with van der Waals surface area (Å²) >= 11 is 0. The predicted molar refractivity (Wildman–Crippen MR) is 81.6 cm³/mol. The number of anilines is 2. The van der Waals surface area contributed by atoms with Gasteiger partial charge in [0.1, 0.15) is 0 Å². The summed E-state index contributed by atoms with van der Waals surface area (Å²) in [6, 6.07) is 5.42. The summed E-state index contributed by atoms with van der Waals surface area (Å²) in [6.07, 6.45) is 0.693. The standard InChI is InChI=1S/C15H25N3O/c1-10(2)8-13(16)15(19)17-12-7-6-11(3)14(9-12)18(4)5/h6-7,9-10,13H,8,16H2,1-5H3,(H,17,19). The van der Waals surface area contributed by atoms with E-state index >= 15 is 0 Å². The molecule has 0 heterocycles. The lowest BCUT2D eigenvalue weighted by atomic mass is 10.0. The minimum atomic E-state index is -0.455. The first kappa shape index (κ1) is 15.5. The summed E-state index contributed by atoms with van der Waals surface area (Å²) in [6.45, 7) is 6.16. The van der Waals surface area contributed by atoms with E-state index in [1.165, 1.54) is 5.56 Å². The third-order valence-electron chi connectivity index (χ3n) is 3.02. The van der Waals surface area contributed by atoms with Gasteiger partial charge in [-0.25, -0.2) is 0 Å². The van der Waals surface area contributed by atoms with Gasteiger partial charge in [-0.2, -0.15) is 0 Å². The number of carbonyl (C=O) groups is 1. The Hall–Kier alpha value is -1.55. The molecule has 1 aromatic carbocycles. The lowest BCUT2D eigenvalue weighted by Crippen LogP contribution is -2.36. The van der Waals surface area contributed by atoms with E-state index in [1.807, 2.05) is 44.1 Å². The lowest BCUT2D eigenvalue weighted by Gasteiger charge is -2.18. The minimum Gasteiger partial charge on any atom is -0.377 e. The quantitative estimate of drug-likeness (QED) is 0.857. The zero-order valence-electron chi connectivity index (χ0n) is 12.5. The molecule has 106 valence electrons. The number of nitrogens with zero attached hydrogens (tertiary/aromatic N) is 1. The number of aryl methyl sites for hydroxylation is 1. The Morgan fingerprint density at radius 3 is 2.53 bits per heavy atom. The number of nitrogens with one attached hydrogen (secondary N) is 1. The molecule has 0 aliphatic heterocycles. The summed E-state index contributed by atoms with van der Waals surface area (Å²) in [5.74, 6) is 0.290. The third kappa shape index (κ3) is 4.56. The SMILES string of the molecule is Cc1ccc(NC(=O)C(N)CC(C)C)cc1N(C)C. The number of carbonyl (C=O) groups excluding carboxylic acids is 1. The van der Waals surface area contributed by atoms with Gasteiger partial charge < -0.3 is 16.0 Å². The van der Waals surface area contributed by atoms with Crippen molar-refractivity contribution < 1.29 is 4.79 Å². The van der Waals surface area contributed by atoms with Crippen LogP contribution in [-0.4, -0.2) is 26.0 Å². The fourth-order valence-corrected chi connectivity index (χ4v) is 2.02. The Kier molecular flexibility index (Phi) is 5.36. The fraction of sp³-hybridized carbons (Fsp3) is 0.533. The van der Waals surface area contributed by atoms with Crippen LogP contribution in [0, 0.1) is 12.8 Å².